The summed E-state index contributed by atoms with van der Waals surface area (Å²) in [7, 11) is 1.31. The standard InChI is InChI=1S/C11H16N6O5/c1-20-22-7-6(19)4(2-18)21-10(7)17-3-14-5-8(12)15-11(13)16-9(5)17/h3-4,6-7,10,18-19H,2H2,1H3,(H4,12,13,15,16)/t4-,6-,7-,10-/m1/s1. The van der Waals surface area contributed by atoms with E-state index in [4.69, 9.17) is 21.1 Å². The molecule has 11 heteroatoms. The van der Waals surface area contributed by atoms with Gasteiger partial charge in [-0.1, -0.05) is 0 Å². The third-order valence-corrected chi connectivity index (χ3v) is 3.44. The van der Waals surface area contributed by atoms with E-state index in [9.17, 15) is 10.2 Å². The Labute approximate surface area is 124 Å². The molecule has 4 atom stereocenters. The van der Waals surface area contributed by atoms with E-state index in [1.165, 1.54) is 18.0 Å². The maximum absolute atomic E-state index is 10.1. The average molecular weight is 312 g/mol. The molecule has 0 aliphatic carbocycles. The number of fused-ring (bicyclic) bond motifs is 1. The minimum atomic E-state index is -1.09. The van der Waals surface area contributed by atoms with E-state index in [0.717, 1.165) is 0 Å². The summed E-state index contributed by atoms with van der Waals surface area (Å²) in [5.74, 6) is 0.107. The van der Waals surface area contributed by atoms with Gasteiger partial charge in [-0.15, -0.1) is 0 Å². The minimum absolute atomic E-state index is 0.0202. The molecule has 0 aromatic carbocycles. The minimum Gasteiger partial charge on any atom is -0.394 e. The van der Waals surface area contributed by atoms with Gasteiger partial charge in [-0.05, 0) is 0 Å². The lowest BCUT2D eigenvalue weighted by molar-refractivity contribution is -0.327. The second-order valence-electron chi connectivity index (χ2n) is 4.76. The van der Waals surface area contributed by atoms with Gasteiger partial charge in [0.1, 0.15) is 17.7 Å². The first-order valence-electron chi connectivity index (χ1n) is 6.46. The Morgan fingerprint density at radius 3 is 2.86 bits per heavy atom. The number of aliphatic hydroxyl groups excluding tert-OH is 2. The van der Waals surface area contributed by atoms with E-state index in [1.807, 2.05) is 0 Å². The van der Waals surface area contributed by atoms with Gasteiger partial charge in [-0.3, -0.25) is 4.57 Å². The van der Waals surface area contributed by atoms with Gasteiger partial charge in [-0.2, -0.15) is 9.97 Å². The fourth-order valence-corrected chi connectivity index (χ4v) is 2.45. The van der Waals surface area contributed by atoms with Gasteiger partial charge in [0.2, 0.25) is 5.95 Å². The van der Waals surface area contributed by atoms with Crippen molar-refractivity contribution in [2.45, 2.75) is 24.5 Å². The van der Waals surface area contributed by atoms with Gasteiger partial charge in [0.05, 0.1) is 20.0 Å². The maximum Gasteiger partial charge on any atom is 0.224 e. The topological polar surface area (TPSA) is 164 Å². The second kappa shape index (κ2) is 5.62. The van der Waals surface area contributed by atoms with Crippen LogP contribution in [-0.4, -0.2) is 61.8 Å². The second-order valence-corrected chi connectivity index (χ2v) is 4.76. The molecule has 0 amide bonds. The Morgan fingerprint density at radius 1 is 1.41 bits per heavy atom. The molecule has 0 radical (unpaired) electrons. The number of aliphatic hydroxyl groups is 2. The number of nitrogen functional groups attached to an aromatic ring is 2. The molecule has 1 fully saturated rings. The van der Waals surface area contributed by atoms with Gasteiger partial charge in [-0.25, -0.2) is 14.8 Å². The highest BCUT2D eigenvalue weighted by Crippen LogP contribution is 2.34. The van der Waals surface area contributed by atoms with E-state index >= 15 is 0 Å². The highest BCUT2D eigenvalue weighted by Gasteiger charge is 2.46. The Bertz CT molecular complexity index is 678. The van der Waals surface area contributed by atoms with Gasteiger partial charge >= 0.3 is 0 Å². The summed E-state index contributed by atoms with van der Waals surface area (Å²) in [5.41, 5.74) is 12.0. The zero-order chi connectivity index (χ0) is 15.9. The highest BCUT2D eigenvalue weighted by molar-refractivity contribution is 5.82. The van der Waals surface area contributed by atoms with Gasteiger partial charge < -0.3 is 26.4 Å². The summed E-state index contributed by atoms with van der Waals surface area (Å²) in [4.78, 5) is 21.7. The monoisotopic (exact) mass is 312 g/mol. The molecule has 0 bridgehead atoms. The largest absolute Gasteiger partial charge is 0.394 e. The van der Waals surface area contributed by atoms with E-state index < -0.39 is 24.5 Å². The lowest BCUT2D eigenvalue weighted by atomic mass is 10.1. The number of imidazole rings is 1. The Morgan fingerprint density at radius 2 is 2.18 bits per heavy atom. The molecule has 6 N–H and O–H groups in total. The van der Waals surface area contributed by atoms with E-state index in [0.29, 0.717) is 11.2 Å². The zero-order valence-electron chi connectivity index (χ0n) is 11.7. The summed E-state index contributed by atoms with van der Waals surface area (Å²) in [6.07, 6.45) is -2.23. The molecule has 0 unspecified atom stereocenters. The van der Waals surface area contributed by atoms with Crippen molar-refractivity contribution in [3.8, 4) is 0 Å². The van der Waals surface area contributed by atoms with Crippen LogP contribution in [0, 0.1) is 0 Å². The Balaban J connectivity index is 2.05. The molecular weight excluding hydrogens is 296 g/mol. The first kappa shape index (κ1) is 14.9. The molecule has 3 rings (SSSR count). The molecule has 0 spiro atoms. The van der Waals surface area contributed by atoms with Gasteiger partial charge in [0.15, 0.2) is 23.8 Å². The fourth-order valence-electron chi connectivity index (χ4n) is 2.45. The number of nitrogens with zero attached hydrogens (tertiary/aromatic N) is 4. The van der Waals surface area contributed by atoms with Gasteiger partial charge in [0, 0.05) is 0 Å². The van der Waals surface area contributed by atoms with E-state index in [2.05, 4.69) is 19.8 Å². The van der Waals surface area contributed by atoms with Crippen LogP contribution in [0.2, 0.25) is 0 Å². The van der Waals surface area contributed by atoms with Crippen LogP contribution < -0.4 is 11.5 Å². The summed E-state index contributed by atoms with van der Waals surface area (Å²) < 4.78 is 7.09. The molecule has 2 aromatic rings. The number of nitrogens with two attached hydrogens (primary N) is 2. The van der Waals surface area contributed by atoms with Crippen LogP contribution in [0.1, 0.15) is 6.23 Å². The third kappa shape index (κ3) is 2.24. The SMILES string of the molecule is COO[C@@H]1[C@H](O)[C@@H](CO)O[C@H]1n1cnc2c(N)nc(N)nc21. The fraction of sp³-hybridized carbons (Fsp3) is 0.545. The lowest BCUT2D eigenvalue weighted by Crippen LogP contribution is -2.35. The normalized spacial score (nSPS) is 28.5. The molecule has 11 nitrogen and oxygen atoms in total. The van der Waals surface area contributed by atoms with Crippen LogP contribution in [0.15, 0.2) is 6.33 Å². The quantitative estimate of drug-likeness (QED) is 0.373. The van der Waals surface area contributed by atoms with Crippen LogP contribution >= 0.6 is 0 Å². The van der Waals surface area contributed by atoms with Crippen molar-refractivity contribution >= 4 is 22.9 Å². The molecular formula is C11H16N6O5. The van der Waals surface area contributed by atoms with Crippen molar-refractivity contribution in [2.75, 3.05) is 25.2 Å². The summed E-state index contributed by atoms with van der Waals surface area (Å²) in [6, 6.07) is 0. The van der Waals surface area contributed by atoms with Crippen molar-refractivity contribution in [3.05, 3.63) is 6.33 Å². The number of rotatable bonds is 4. The van der Waals surface area contributed by atoms with Crippen LogP contribution in [0.4, 0.5) is 11.8 Å². The number of anilines is 2. The predicted octanol–water partition coefficient (Wildman–Crippen LogP) is -1.81. The molecule has 3 heterocycles. The van der Waals surface area contributed by atoms with Crippen LogP contribution in [0.25, 0.3) is 11.2 Å². The zero-order valence-corrected chi connectivity index (χ0v) is 11.7. The smallest absolute Gasteiger partial charge is 0.224 e. The molecule has 0 saturated carbocycles. The molecule has 22 heavy (non-hydrogen) atoms. The van der Waals surface area contributed by atoms with Crippen LogP contribution in [0.3, 0.4) is 0 Å². The van der Waals surface area contributed by atoms with Crippen LogP contribution in [-0.2, 0) is 14.5 Å². The Hall–Kier alpha value is -2.05. The molecule has 2 aromatic heterocycles. The van der Waals surface area contributed by atoms with Crippen molar-refractivity contribution in [2.24, 2.45) is 0 Å². The van der Waals surface area contributed by atoms with Crippen molar-refractivity contribution in [3.63, 3.8) is 0 Å². The first-order chi connectivity index (χ1) is 10.6. The lowest BCUT2D eigenvalue weighted by Gasteiger charge is -2.19. The predicted molar refractivity (Wildman–Crippen MR) is 73.0 cm³/mol. The molecule has 1 aliphatic heterocycles. The third-order valence-electron chi connectivity index (χ3n) is 3.44. The van der Waals surface area contributed by atoms with E-state index in [-0.39, 0.29) is 18.4 Å². The molecule has 1 saturated heterocycles. The van der Waals surface area contributed by atoms with Crippen LogP contribution in [0.5, 0.6) is 0 Å². The maximum atomic E-state index is 10.1. The number of hydrogen-bond acceptors (Lipinski definition) is 10. The van der Waals surface area contributed by atoms with Crippen molar-refractivity contribution in [1.82, 2.24) is 19.5 Å². The van der Waals surface area contributed by atoms with Crippen molar-refractivity contribution < 1.29 is 24.7 Å². The highest BCUT2D eigenvalue weighted by atomic mass is 17.2. The number of aromatic nitrogens is 4. The molecule has 120 valence electrons. The summed E-state index contributed by atoms with van der Waals surface area (Å²) >= 11 is 0. The first-order valence-corrected chi connectivity index (χ1v) is 6.46. The summed E-state index contributed by atoms with van der Waals surface area (Å²) in [6.45, 7) is -0.382. The molecule has 1 aliphatic rings. The number of ether oxygens (including phenoxy) is 1. The van der Waals surface area contributed by atoms with Gasteiger partial charge in [0.25, 0.3) is 0 Å². The summed E-state index contributed by atoms with van der Waals surface area (Å²) in [5, 5.41) is 19.4. The van der Waals surface area contributed by atoms with Crippen molar-refractivity contribution in [1.29, 1.82) is 0 Å². The Kier molecular flexibility index (Phi) is 3.80. The number of hydrogen-bond donors (Lipinski definition) is 4. The average Bonchev–Trinajstić information content (AvgIpc) is 3.02. The van der Waals surface area contributed by atoms with E-state index in [1.54, 1.807) is 0 Å².